The van der Waals surface area contributed by atoms with E-state index in [9.17, 15) is 0 Å². The summed E-state index contributed by atoms with van der Waals surface area (Å²) in [6.45, 7) is 1.56. The van der Waals surface area contributed by atoms with Crippen LogP contribution in [0.5, 0.6) is 0 Å². The van der Waals surface area contributed by atoms with Crippen molar-refractivity contribution in [1.29, 1.82) is 0 Å². The van der Waals surface area contributed by atoms with Crippen LogP contribution in [0.2, 0.25) is 0 Å². The Bertz CT molecular complexity index is 25.9. The zero-order valence-electron chi connectivity index (χ0n) is 5.02. The van der Waals surface area contributed by atoms with E-state index in [1.807, 2.05) is 0 Å². The Balaban J connectivity index is 0.000000222. The summed E-state index contributed by atoms with van der Waals surface area (Å²) in [6, 6.07) is 0. The fourth-order valence-corrected chi connectivity index (χ4v) is 0.440. The first-order valence-electron chi connectivity index (χ1n) is 2.62. The lowest BCUT2D eigenvalue weighted by molar-refractivity contribution is -0.312. The van der Waals surface area contributed by atoms with Gasteiger partial charge in [-0.2, -0.15) is 0 Å². The van der Waals surface area contributed by atoms with Gasteiger partial charge in [-0.05, 0) is 12.8 Å². The number of alkyl halides is 1. The molecular formula is C5H11ClO2. The van der Waals surface area contributed by atoms with Crippen LogP contribution in [0.1, 0.15) is 12.8 Å². The van der Waals surface area contributed by atoms with Crippen LogP contribution in [0.15, 0.2) is 0 Å². The highest BCUT2D eigenvalue weighted by molar-refractivity contribution is 6.15. The van der Waals surface area contributed by atoms with Crippen molar-refractivity contribution in [1.82, 2.24) is 0 Å². The first-order chi connectivity index (χ1) is 4.00. The topological polar surface area (TPSA) is 18.5 Å². The van der Waals surface area contributed by atoms with E-state index < -0.39 is 0 Å². The van der Waals surface area contributed by atoms with Crippen molar-refractivity contribution in [3.05, 3.63) is 0 Å². The van der Waals surface area contributed by atoms with Crippen molar-refractivity contribution < 1.29 is 9.78 Å². The third kappa shape index (κ3) is 4.37. The Hall–Kier alpha value is 0.210. The molecule has 0 N–H and O–H groups in total. The summed E-state index contributed by atoms with van der Waals surface area (Å²) in [5.41, 5.74) is 0. The van der Waals surface area contributed by atoms with Crippen molar-refractivity contribution in [2.75, 3.05) is 19.6 Å². The molecule has 0 radical (unpaired) electrons. The number of hydrogen-bond acceptors (Lipinski definition) is 2. The molecule has 0 aliphatic carbocycles. The largest absolute Gasteiger partial charge is 0.237 e. The molecule has 0 aromatic carbocycles. The van der Waals surface area contributed by atoms with Crippen molar-refractivity contribution >= 4 is 11.6 Å². The molecule has 0 amide bonds. The molecule has 8 heavy (non-hydrogen) atoms. The minimum absolute atomic E-state index is 0.778. The van der Waals surface area contributed by atoms with E-state index in [1.54, 1.807) is 0 Å². The molecule has 0 saturated carbocycles. The van der Waals surface area contributed by atoms with Crippen LogP contribution in [0, 0.1) is 0 Å². The standard InChI is InChI=1S/C4H8O2.CH3Cl/c1-2-4-6-5-3-1;1-2/h1-4H2;1H3. The fourth-order valence-electron chi connectivity index (χ4n) is 0.440. The minimum atomic E-state index is 0.778. The van der Waals surface area contributed by atoms with Gasteiger partial charge in [0.2, 0.25) is 0 Å². The fraction of sp³-hybridized carbons (Fsp3) is 1.00. The van der Waals surface area contributed by atoms with Gasteiger partial charge < -0.3 is 0 Å². The third-order valence-corrected chi connectivity index (χ3v) is 0.789. The maximum Gasteiger partial charge on any atom is 0.0823 e. The molecule has 1 saturated heterocycles. The highest BCUT2D eigenvalue weighted by Crippen LogP contribution is 1.97. The smallest absolute Gasteiger partial charge is 0.0823 e. The van der Waals surface area contributed by atoms with Crippen LogP contribution in [-0.2, 0) is 9.78 Å². The molecule has 0 unspecified atom stereocenters. The van der Waals surface area contributed by atoms with Crippen molar-refractivity contribution in [3.63, 3.8) is 0 Å². The third-order valence-electron chi connectivity index (χ3n) is 0.789. The summed E-state index contributed by atoms with van der Waals surface area (Å²) in [6.07, 6.45) is 3.78. The Morgan fingerprint density at radius 1 is 1.00 bits per heavy atom. The molecule has 0 bridgehead atoms. The first kappa shape index (κ1) is 8.21. The van der Waals surface area contributed by atoms with Crippen molar-refractivity contribution in [3.8, 4) is 0 Å². The van der Waals surface area contributed by atoms with E-state index in [4.69, 9.17) is 0 Å². The maximum atomic E-state index is 4.64. The maximum absolute atomic E-state index is 4.64. The van der Waals surface area contributed by atoms with Crippen LogP contribution in [0.4, 0.5) is 0 Å². The normalized spacial score (nSPS) is 18.8. The van der Waals surface area contributed by atoms with Crippen LogP contribution in [0.25, 0.3) is 0 Å². The van der Waals surface area contributed by atoms with Gasteiger partial charge in [0, 0.05) is 6.38 Å². The molecule has 1 aliphatic heterocycles. The summed E-state index contributed by atoms with van der Waals surface area (Å²) >= 11 is 4.64. The molecule has 1 aliphatic rings. The molecule has 1 fully saturated rings. The SMILES string of the molecule is C1CCOOC1.CCl. The lowest BCUT2D eigenvalue weighted by Gasteiger charge is -2.07. The summed E-state index contributed by atoms with van der Waals surface area (Å²) in [7, 11) is 0. The highest BCUT2D eigenvalue weighted by atomic mass is 35.5. The number of halogens is 1. The Labute approximate surface area is 54.7 Å². The van der Waals surface area contributed by atoms with Crippen molar-refractivity contribution in [2.24, 2.45) is 0 Å². The molecule has 0 aromatic heterocycles. The van der Waals surface area contributed by atoms with Crippen molar-refractivity contribution in [2.45, 2.75) is 12.8 Å². The molecule has 0 aromatic rings. The molecule has 1 heterocycles. The molecule has 1 rings (SSSR count). The minimum Gasteiger partial charge on any atom is -0.237 e. The van der Waals surface area contributed by atoms with Crippen LogP contribution < -0.4 is 0 Å². The van der Waals surface area contributed by atoms with E-state index in [0.29, 0.717) is 0 Å². The van der Waals surface area contributed by atoms with E-state index in [1.165, 1.54) is 6.38 Å². The second kappa shape index (κ2) is 7.21. The summed E-state index contributed by atoms with van der Waals surface area (Å²) < 4.78 is 0. The summed E-state index contributed by atoms with van der Waals surface area (Å²) in [5.74, 6) is 0. The summed E-state index contributed by atoms with van der Waals surface area (Å²) in [5, 5.41) is 0. The quantitative estimate of drug-likeness (QED) is 0.374. The molecule has 0 spiro atoms. The monoisotopic (exact) mass is 138 g/mol. The van der Waals surface area contributed by atoms with Gasteiger partial charge in [-0.1, -0.05) is 0 Å². The van der Waals surface area contributed by atoms with E-state index in [-0.39, 0.29) is 0 Å². The summed E-state index contributed by atoms with van der Waals surface area (Å²) in [4.78, 5) is 9.14. The van der Waals surface area contributed by atoms with Gasteiger partial charge in [0.05, 0.1) is 13.2 Å². The second-order valence-corrected chi connectivity index (χ2v) is 1.35. The molecule has 3 heteroatoms. The average Bonchev–Trinajstić information content (AvgIpc) is 1.96. The zero-order chi connectivity index (χ0) is 6.24. The Kier molecular flexibility index (Phi) is 7.40. The van der Waals surface area contributed by atoms with E-state index in [0.717, 1.165) is 26.1 Å². The molecule has 2 nitrogen and oxygen atoms in total. The predicted molar refractivity (Wildman–Crippen MR) is 32.9 cm³/mol. The zero-order valence-corrected chi connectivity index (χ0v) is 5.78. The van der Waals surface area contributed by atoms with Gasteiger partial charge in [0.1, 0.15) is 0 Å². The average molecular weight is 139 g/mol. The van der Waals surface area contributed by atoms with Gasteiger partial charge in [0.15, 0.2) is 0 Å². The molecule has 0 atom stereocenters. The predicted octanol–water partition coefficient (Wildman–Crippen LogP) is 1.58. The Morgan fingerprint density at radius 3 is 1.50 bits per heavy atom. The number of hydrogen-bond donors (Lipinski definition) is 0. The van der Waals surface area contributed by atoms with Crippen LogP contribution in [-0.4, -0.2) is 19.6 Å². The van der Waals surface area contributed by atoms with Crippen LogP contribution >= 0.6 is 11.6 Å². The highest BCUT2D eigenvalue weighted by Gasteiger charge is 1.95. The molecular weight excluding hydrogens is 128 g/mol. The second-order valence-electron chi connectivity index (χ2n) is 1.35. The lowest BCUT2D eigenvalue weighted by Crippen LogP contribution is -2.05. The van der Waals surface area contributed by atoms with Gasteiger partial charge in [-0.15, -0.1) is 11.6 Å². The van der Waals surface area contributed by atoms with Gasteiger partial charge in [-0.25, -0.2) is 9.78 Å². The first-order valence-corrected chi connectivity index (χ1v) is 3.38. The van der Waals surface area contributed by atoms with Gasteiger partial charge in [-0.3, -0.25) is 0 Å². The Morgan fingerprint density at radius 2 is 1.38 bits per heavy atom. The van der Waals surface area contributed by atoms with E-state index in [2.05, 4.69) is 21.4 Å². The van der Waals surface area contributed by atoms with E-state index >= 15 is 0 Å². The van der Waals surface area contributed by atoms with Crippen LogP contribution in [0.3, 0.4) is 0 Å². The number of rotatable bonds is 0. The van der Waals surface area contributed by atoms with Gasteiger partial charge >= 0.3 is 0 Å². The van der Waals surface area contributed by atoms with Gasteiger partial charge in [0.25, 0.3) is 0 Å². The molecule has 50 valence electrons. The lowest BCUT2D eigenvalue weighted by atomic mass is 10.3.